The first-order chi connectivity index (χ1) is 13.7. The Hall–Kier alpha value is -2.66. The van der Waals surface area contributed by atoms with E-state index < -0.39 is 0 Å². The number of methoxy groups -OCH3 is 1. The molecule has 5 heteroatoms. The molecule has 0 radical (unpaired) electrons. The summed E-state index contributed by atoms with van der Waals surface area (Å²) in [4.78, 5) is 7.54. The Balaban J connectivity index is 1.46. The largest absolute Gasteiger partial charge is 0.496 e. The third-order valence-electron chi connectivity index (χ3n) is 5.48. The van der Waals surface area contributed by atoms with Gasteiger partial charge >= 0.3 is 0 Å². The van der Waals surface area contributed by atoms with Gasteiger partial charge in [-0.3, -0.25) is 14.6 Å². The number of hydrogen-bond donors (Lipinski definition) is 0. The average Bonchev–Trinajstić information content (AvgIpc) is 3.13. The van der Waals surface area contributed by atoms with Crippen molar-refractivity contribution in [1.29, 1.82) is 0 Å². The van der Waals surface area contributed by atoms with Gasteiger partial charge in [0, 0.05) is 61.2 Å². The van der Waals surface area contributed by atoms with Crippen LogP contribution in [0.1, 0.15) is 41.3 Å². The van der Waals surface area contributed by atoms with E-state index in [1.165, 1.54) is 29.7 Å². The van der Waals surface area contributed by atoms with Crippen LogP contribution in [0.3, 0.4) is 0 Å². The average molecular weight is 377 g/mol. The summed E-state index contributed by atoms with van der Waals surface area (Å²) < 4.78 is 7.37. The van der Waals surface area contributed by atoms with Gasteiger partial charge in [0.25, 0.3) is 0 Å². The molecule has 2 aromatic heterocycles. The van der Waals surface area contributed by atoms with E-state index in [2.05, 4.69) is 46.5 Å². The monoisotopic (exact) mass is 376 g/mol. The maximum Gasteiger partial charge on any atom is 0.122 e. The van der Waals surface area contributed by atoms with Gasteiger partial charge in [-0.1, -0.05) is 24.3 Å². The second-order valence-corrected chi connectivity index (χ2v) is 7.64. The topological polar surface area (TPSA) is 43.2 Å². The zero-order chi connectivity index (χ0) is 19.3. The number of hydrogen-bond acceptors (Lipinski definition) is 4. The van der Waals surface area contributed by atoms with Crippen LogP contribution >= 0.6 is 0 Å². The predicted molar refractivity (Wildman–Crippen MR) is 110 cm³/mol. The molecule has 146 valence electrons. The molecule has 1 aliphatic heterocycles. The Labute approximate surface area is 167 Å². The third kappa shape index (κ3) is 4.42. The molecule has 0 bridgehead atoms. The number of para-hydroxylation sites is 1. The lowest BCUT2D eigenvalue weighted by Crippen LogP contribution is -2.34. The van der Waals surface area contributed by atoms with Crippen molar-refractivity contribution in [1.82, 2.24) is 19.7 Å². The molecule has 4 rings (SSSR count). The lowest BCUT2D eigenvalue weighted by molar-refractivity contribution is 0.198. The zero-order valence-electron chi connectivity index (χ0n) is 16.7. The minimum atomic E-state index is 0.489. The molecular formula is C23H28N4O. The van der Waals surface area contributed by atoms with Crippen molar-refractivity contribution in [3.63, 3.8) is 0 Å². The lowest BCUT2D eigenvalue weighted by atomic mass is 9.93. The molecule has 3 heterocycles. The van der Waals surface area contributed by atoms with E-state index in [0.717, 1.165) is 37.5 Å². The summed E-state index contributed by atoms with van der Waals surface area (Å²) in [5, 5.41) is 4.29. The van der Waals surface area contributed by atoms with Crippen molar-refractivity contribution in [2.75, 3.05) is 20.2 Å². The van der Waals surface area contributed by atoms with Crippen LogP contribution < -0.4 is 4.74 Å². The van der Waals surface area contributed by atoms with Crippen LogP contribution in [0.4, 0.5) is 0 Å². The molecule has 0 saturated carbocycles. The molecule has 1 unspecified atom stereocenters. The minimum Gasteiger partial charge on any atom is -0.496 e. The Morgan fingerprint density at radius 3 is 2.86 bits per heavy atom. The number of aryl methyl sites for hydroxylation is 1. The molecule has 1 fully saturated rings. The number of aromatic nitrogens is 3. The van der Waals surface area contributed by atoms with Crippen LogP contribution in [0.2, 0.25) is 0 Å². The van der Waals surface area contributed by atoms with Gasteiger partial charge < -0.3 is 4.74 Å². The first-order valence-corrected chi connectivity index (χ1v) is 9.99. The Bertz CT molecular complexity index is 920. The van der Waals surface area contributed by atoms with Crippen LogP contribution in [0.15, 0.2) is 54.9 Å². The molecule has 1 atom stereocenters. The third-order valence-corrected chi connectivity index (χ3v) is 5.48. The van der Waals surface area contributed by atoms with Crippen LogP contribution in [-0.2, 0) is 20.0 Å². The van der Waals surface area contributed by atoms with E-state index in [4.69, 9.17) is 9.72 Å². The number of nitrogens with zero attached hydrogens (tertiary/aromatic N) is 4. The minimum absolute atomic E-state index is 0.489. The fourth-order valence-corrected chi connectivity index (χ4v) is 4.12. The number of pyridine rings is 1. The van der Waals surface area contributed by atoms with Gasteiger partial charge in [0.1, 0.15) is 5.75 Å². The van der Waals surface area contributed by atoms with Crippen molar-refractivity contribution in [2.24, 2.45) is 7.05 Å². The molecule has 1 aliphatic rings. The number of likely N-dealkylation sites (tertiary alicyclic amines) is 1. The molecule has 5 nitrogen and oxygen atoms in total. The Morgan fingerprint density at radius 1 is 1.14 bits per heavy atom. The predicted octanol–water partition coefficient (Wildman–Crippen LogP) is 3.79. The van der Waals surface area contributed by atoms with E-state index in [0.29, 0.717) is 5.92 Å². The molecule has 3 aromatic rings. The number of ether oxygens (including phenoxy) is 1. The van der Waals surface area contributed by atoms with Crippen molar-refractivity contribution in [2.45, 2.75) is 31.7 Å². The summed E-state index contributed by atoms with van der Waals surface area (Å²) in [5.41, 5.74) is 4.77. The normalized spacial score (nSPS) is 17.6. The smallest absolute Gasteiger partial charge is 0.122 e. The van der Waals surface area contributed by atoms with Crippen LogP contribution in [-0.4, -0.2) is 39.9 Å². The molecule has 0 N–H and O–H groups in total. The summed E-state index contributed by atoms with van der Waals surface area (Å²) >= 11 is 0. The van der Waals surface area contributed by atoms with E-state index in [1.807, 2.05) is 30.1 Å². The SMILES string of the molecule is COc1ccccc1Cc1cccc(C2CCCN(Cc3cnn(C)c3)C2)n1. The standard InChI is InChI=1S/C23H28N4O/c1-26-15-18(14-24-26)16-27-12-6-8-20(17-27)22-10-5-9-21(25-22)13-19-7-3-4-11-23(19)28-2/h3-5,7,9-11,14-15,20H,6,8,12-13,16-17H2,1-2H3. The quantitative estimate of drug-likeness (QED) is 0.656. The van der Waals surface area contributed by atoms with Gasteiger partial charge in [-0.25, -0.2) is 0 Å². The maximum absolute atomic E-state index is 5.50. The van der Waals surface area contributed by atoms with Crippen LogP contribution in [0.5, 0.6) is 5.75 Å². The van der Waals surface area contributed by atoms with Crippen molar-refractivity contribution in [3.05, 3.63) is 77.4 Å². The molecule has 0 spiro atoms. The Morgan fingerprint density at radius 2 is 2.04 bits per heavy atom. The molecule has 28 heavy (non-hydrogen) atoms. The van der Waals surface area contributed by atoms with E-state index in [1.54, 1.807) is 7.11 Å². The molecule has 1 saturated heterocycles. The zero-order valence-corrected chi connectivity index (χ0v) is 16.7. The van der Waals surface area contributed by atoms with Crippen LogP contribution in [0, 0.1) is 0 Å². The highest BCUT2D eigenvalue weighted by molar-refractivity contribution is 5.36. The summed E-state index contributed by atoms with van der Waals surface area (Å²) in [6, 6.07) is 14.6. The first-order valence-electron chi connectivity index (χ1n) is 9.99. The van der Waals surface area contributed by atoms with Gasteiger partial charge in [-0.2, -0.15) is 5.10 Å². The summed E-state index contributed by atoms with van der Waals surface area (Å²) in [6.07, 6.45) is 7.29. The number of piperidine rings is 1. The van der Waals surface area contributed by atoms with Crippen LogP contribution in [0.25, 0.3) is 0 Å². The number of benzene rings is 1. The first kappa shape index (κ1) is 18.7. The van der Waals surface area contributed by atoms with Gasteiger partial charge in [-0.05, 0) is 37.6 Å². The van der Waals surface area contributed by atoms with Gasteiger partial charge in [0.15, 0.2) is 0 Å². The summed E-state index contributed by atoms with van der Waals surface area (Å²) in [7, 11) is 3.70. The van der Waals surface area contributed by atoms with E-state index >= 15 is 0 Å². The van der Waals surface area contributed by atoms with Crippen molar-refractivity contribution in [3.8, 4) is 5.75 Å². The fourth-order valence-electron chi connectivity index (χ4n) is 4.12. The van der Waals surface area contributed by atoms with E-state index in [9.17, 15) is 0 Å². The highest BCUT2D eigenvalue weighted by Crippen LogP contribution is 2.27. The summed E-state index contributed by atoms with van der Waals surface area (Å²) in [5.74, 6) is 1.41. The van der Waals surface area contributed by atoms with E-state index in [-0.39, 0.29) is 0 Å². The highest BCUT2D eigenvalue weighted by atomic mass is 16.5. The second kappa shape index (κ2) is 8.57. The highest BCUT2D eigenvalue weighted by Gasteiger charge is 2.23. The lowest BCUT2D eigenvalue weighted by Gasteiger charge is -2.32. The molecular weight excluding hydrogens is 348 g/mol. The van der Waals surface area contributed by atoms with Crippen molar-refractivity contribution < 1.29 is 4.74 Å². The van der Waals surface area contributed by atoms with Gasteiger partial charge in [0.05, 0.1) is 13.3 Å². The molecule has 0 amide bonds. The fraction of sp³-hybridized carbons (Fsp3) is 0.391. The number of rotatable bonds is 6. The van der Waals surface area contributed by atoms with Gasteiger partial charge in [-0.15, -0.1) is 0 Å². The van der Waals surface area contributed by atoms with Crippen molar-refractivity contribution >= 4 is 0 Å². The van der Waals surface area contributed by atoms with Gasteiger partial charge in [0.2, 0.25) is 0 Å². The molecule has 1 aromatic carbocycles. The maximum atomic E-state index is 5.50. The Kier molecular flexibility index (Phi) is 5.72. The second-order valence-electron chi connectivity index (χ2n) is 7.64. The summed E-state index contributed by atoms with van der Waals surface area (Å²) in [6.45, 7) is 3.16. The molecule has 0 aliphatic carbocycles.